The zero-order chi connectivity index (χ0) is 18.6. The number of nitrogens with two attached hydrogens (primary N) is 1. The van der Waals surface area contributed by atoms with Crippen molar-refractivity contribution in [1.82, 2.24) is 19.5 Å². The Labute approximate surface area is 161 Å². The third-order valence-corrected chi connectivity index (χ3v) is 5.12. The summed E-state index contributed by atoms with van der Waals surface area (Å²) < 4.78 is 7.16. The van der Waals surface area contributed by atoms with E-state index in [0.717, 1.165) is 29.2 Å². The number of anilines is 1. The summed E-state index contributed by atoms with van der Waals surface area (Å²) in [7, 11) is 1.67. The molecule has 3 aromatic heterocycles. The highest BCUT2D eigenvalue weighted by molar-refractivity contribution is 7.13. The first-order valence-corrected chi connectivity index (χ1v) is 9.39. The molecular formula is C20H19N5OS. The van der Waals surface area contributed by atoms with Crippen molar-refractivity contribution in [1.29, 1.82) is 0 Å². The molecule has 1 atom stereocenters. The molecule has 0 aliphatic heterocycles. The number of hydrogen-bond acceptors (Lipinski definition) is 6. The molecule has 7 heteroatoms. The van der Waals surface area contributed by atoms with Gasteiger partial charge in [0, 0.05) is 29.9 Å². The molecule has 2 N–H and O–H groups in total. The van der Waals surface area contributed by atoms with Gasteiger partial charge in [-0.15, -0.1) is 11.3 Å². The van der Waals surface area contributed by atoms with Crippen LogP contribution < -0.4 is 10.5 Å². The Balaban J connectivity index is 1.62. The first kappa shape index (κ1) is 17.2. The molecule has 0 amide bonds. The molecule has 0 fully saturated rings. The molecule has 0 aliphatic rings. The number of nitrogens with zero attached hydrogens (tertiary/aromatic N) is 4. The number of hydrogen-bond donors (Lipinski definition) is 1. The molecule has 27 heavy (non-hydrogen) atoms. The summed E-state index contributed by atoms with van der Waals surface area (Å²) in [4.78, 5) is 13.1. The van der Waals surface area contributed by atoms with Gasteiger partial charge in [-0.1, -0.05) is 18.2 Å². The second-order valence-electron chi connectivity index (χ2n) is 6.14. The van der Waals surface area contributed by atoms with Crippen molar-refractivity contribution < 1.29 is 4.74 Å². The van der Waals surface area contributed by atoms with E-state index in [9.17, 15) is 0 Å². The van der Waals surface area contributed by atoms with Gasteiger partial charge < -0.3 is 10.5 Å². The van der Waals surface area contributed by atoms with Gasteiger partial charge >= 0.3 is 0 Å². The monoisotopic (exact) mass is 377 g/mol. The van der Waals surface area contributed by atoms with Crippen molar-refractivity contribution in [2.75, 3.05) is 12.8 Å². The molecule has 0 saturated carbocycles. The summed E-state index contributed by atoms with van der Waals surface area (Å²) >= 11 is 1.46. The van der Waals surface area contributed by atoms with Gasteiger partial charge in [0.2, 0.25) is 0 Å². The van der Waals surface area contributed by atoms with Crippen molar-refractivity contribution in [2.24, 2.45) is 0 Å². The molecule has 0 aliphatic carbocycles. The highest BCUT2D eigenvalue weighted by Crippen LogP contribution is 2.31. The summed E-state index contributed by atoms with van der Waals surface area (Å²) in [5.74, 6) is 1.78. The predicted octanol–water partition coefficient (Wildman–Crippen LogP) is 3.69. The summed E-state index contributed by atoms with van der Waals surface area (Å²) in [5.41, 5.74) is 9.14. The maximum absolute atomic E-state index is 5.87. The fourth-order valence-electron chi connectivity index (χ4n) is 3.01. The van der Waals surface area contributed by atoms with Gasteiger partial charge in [0.1, 0.15) is 17.9 Å². The van der Waals surface area contributed by atoms with Crippen LogP contribution >= 0.6 is 11.3 Å². The van der Waals surface area contributed by atoms with Crippen LogP contribution in [0.25, 0.3) is 5.82 Å². The van der Waals surface area contributed by atoms with E-state index < -0.39 is 0 Å². The third kappa shape index (κ3) is 3.83. The van der Waals surface area contributed by atoms with E-state index in [-0.39, 0.29) is 5.92 Å². The maximum atomic E-state index is 5.87. The van der Waals surface area contributed by atoms with Gasteiger partial charge in [0.25, 0.3) is 0 Å². The molecule has 0 bridgehead atoms. The average Bonchev–Trinajstić information content (AvgIpc) is 3.39. The Morgan fingerprint density at radius 1 is 1.19 bits per heavy atom. The zero-order valence-corrected chi connectivity index (χ0v) is 15.6. The van der Waals surface area contributed by atoms with Crippen molar-refractivity contribution in [3.63, 3.8) is 0 Å². The lowest BCUT2D eigenvalue weighted by Gasteiger charge is -2.16. The van der Waals surface area contributed by atoms with E-state index in [1.54, 1.807) is 19.6 Å². The van der Waals surface area contributed by atoms with Gasteiger partial charge in [-0.25, -0.2) is 15.0 Å². The van der Waals surface area contributed by atoms with E-state index in [1.807, 2.05) is 40.5 Å². The highest BCUT2D eigenvalue weighted by Gasteiger charge is 2.18. The molecular weight excluding hydrogens is 358 g/mol. The molecule has 136 valence electrons. The van der Waals surface area contributed by atoms with Gasteiger partial charge in [-0.05, 0) is 35.7 Å². The fraction of sp³-hybridized carbons (Fsp3) is 0.150. The summed E-state index contributed by atoms with van der Waals surface area (Å²) in [6, 6.07) is 12.2. The van der Waals surface area contributed by atoms with E-state index in [0.29, 0.717) is 5.13 Å². The van der Waals surface area contributed by atoms with Crippen molar-refractivity contribution in [2.45, 2.75) is 12.3 Å². The second kappa shape index (κ2) is 7.59. The number of imidazole rings is 1. The second-order valence-corrected chi connectivity index (χ2v) is 7.02. The minimum absolute atomic E-state index is 0.102. The Morgan fingerprint density at radius 3 is 2.63 bits per heavy atom. The van der Waals surface area contributed by atoms with Crippen LogP contribution in [0.1, 0.15) is 22.7 Å². The number of ether oxygens (including phenoxy) is 1. The van der Waals surface area contributed by atoms with Gasteiger partial charge in [-0.3, -0.25) is 4.57 Å². The highest BCUT2D eigenvalue weighted by atomic mass is 32.1. The Bertz CT molecular complexity index is 994. The lowest BCUT2D eigenvalue weighted by Crippen LogP contribution is -2.07. The van der Waals surface area contributed by atoms with Crippen LogP contribution in [0.3, 0.4) is 0 Å². The molecule has 3 heterocycles. The molecule has 1 unspecified atom stereocenters. The Morgan fingerprint density at radius 2 is 2.04 bits per heavy atom. The molecule has 4 rings (SSSR count). The van der Waals surface area contributed by atoms with Crippen molar-refractivity contribution >= 4 is 16.5 Å². The topological polar surface area (TPSA) is 78.8 Å². The summed E-state index contributed by atoms with van der Waals surface area (Å²) in [5, 5.41) is 2.61. The van der Waals surface area contributed by atoms with Crippen LogP contribution in [0.15, 0.2) is 66.7 Å². The number of pyridine rings is 1. The number of nitrogen functional groups attached to an aromatic ring is 1. The normalized spacial score (nSPS) is 12.0. The van der Waals surface area contributed by atoms with Gasteiger partial charge in [0.15, 0.2) is 5.13 Å². The maximum Gasteiger partial charge on any atom is 0.180 e. The van der Waals surface area contributed by atoms with Crippen LogP contribution in [-0.4, -0.2) is 26.6 Å². The molecule has 1 aromatic carbocycles. The van der Waals surface area contributed by atoms with Crippen LogP contribution in [0.5, 0.6) is 5.75 Å². The smallest absolute Gasteiger partial charge is 0.180 e. The molecule has 0 saturated heterocycles. The largest absolute Gasteiger partial charge is 0.497 e. The van der Waals surface area contributed by atoms with Crippen LogP contribution in [0, 0.1) is 0 Å². The third-order valence-electron chi connectivity index (χ3n) is 4.43. The standard InChI is InChI=1S/C20H19N5OS/c1-26-16-5-3-15(4-6-16)17(18-12-27-20(21)24-18)10-14-2-7-19(23-11-14)25-9-8-22-13-25/h2-9,11-13,17H,10H2,1H3,(H2,21,24). The lowest BCUT2D eigenvalue weighted by atomic mass is 9.90. The fourth-order valence-corrected chi connectivity index (χ4v) is 3.63. The van der Waals surface area contributed by atoms with Crippen molar-refractivity contribution in [3.05, 3.63) is 83.5 Å². The van der Waals surface area contributed by atoms with E-state index in [4.69, 9.17) is 10.5 Å². The average molecular weight is 377 g/mol. The molecule has 0 radical (unpaired) electrons. The molecule has 0 spiro atoms. The number of rotatable bonds is 6. The zero-order valence-electron chi connectivity index (χ0n) is 14.8. The Hall–Kier alpha value is -3.19. The van der Waals surface area contributed by atoms with Crippen molar-refractivity contribution in [3.8, 4) is 11.6 Å². The Kier molecular flexibility index (Phi) is 4.84. The van der Waals surface area contributed by atoms with E-state index in [2.05, 4.69) is 33.2 Å². The molecule has 4 aromatic rings. The number of thiazole rings is 1. The lowest BCUT2D eigenvalue weighted by molar-refractivity contribution is 0.414. The van der Waals surface area contributed by atoms with Gasteiger partial charge in [0.05, 0.1) is 12.8 Å². The van der Waals surface area contributed by atoms with E-state index in [1.165, 1.54) is 16.9 Å². The van der Waals surface area contributed by atoms with Crippen LogP contribution in [-0.2, 0) is 6.42 Å². The SMILES string of the molecule is COc1ccc(C(Cc2ccc(-n3ccnc3)nc2)c2csc(N)n2)cc1. The molecule has 6 nitrogen and oxygen atoms in total. The van der Waals surface area contributed by atoms with Gasteiger partial charge in [-0.2, -0.15) is 0 Å². The van der Waals surface area contributed by atoms with E-state index >= 15 is 0 Å². The van der Waals surface area contributed by atoms with Crippen LogP contribution in [0.4, 0.5) is 5.13 Å². The first-order chi connectivity index (χ1) is 13.2. The number of methoxy groups -OCH3 is 1. The number of benzene rings is 1. The predicted molar refractivity (Wildman–Crippen MR) is 106 cm³/mol. The number of aromatic nitrogens is 4. The van der Waals surface area contributed by atoms with Crippen LogP contribution in [0.2, 0.25) is 0 Å². The first-order valence-electron chi connectivity index (χ1n) is 8.51. The summed E-state index contributed by atoms with van der Waals surface area (Å²) in [6.45, 7) is 0. The summed E-state index contributed by atoms with van der Waals surface area (Å²) in [6.07, 6.45) is 8.04. The quantitative estimate of drug-likeness (QED) is 0.554. The minimum Gasteiger partial charge on any atom is -0.497 e. The minimum atomic E-state index is 0.102.